The van der Waals surface area contributed by atoms with Gasteiger partial charge in [-0.15, -0.1) is 6.58 Å². The van der Waals surface area contributed by atoms with Crippen molar-refractivity contribution in [3.63, 3.8) is 0 Å². The van der Waals surface area contributed by atoms with E-state index in [1.54, 1.807) is 0 Å². The predicted molar refractivity (Wildman–Crippen MR) is 108 cm³/mol. The molecule has 0 unspecified atom stereocenters. The Balaban J connectivity index is 2.38. The molecule has 1 N–H and O–H groups in total. The molecule has 2 aromatic carbocycles. The number of benzene rings is 2. The SMILES string of the molecule is C=C(C)C[C@H](C(=O)O)C(C)(C)CN=C(c1ccccc1)c1ccccc1. The molecule has 3 heteroatoms. The van der Waals surface area contributed by atoms with E-state index in [-0.39, 0.29) is 0 Å². The predicted octanol–water partition coefficient (Wildman–Crippen LogP) is 5.22. The first kappa shape index (κ1) is 19.6. The van der Waals surface area contributed by atoms with Crippen LogP contribution in [0, 0.1) is 11.3 Å². The topological polar surface area (TPSA) is 49.7 Å². The van der Waals surface area contributed by atoms with E-state index >= 15 is 0 Å². The van der Waals surface area contributed by atoms with Crippen LogP contribution in [0.5, 0.6) is 0 Å². The maximum Gasteiger partial charge on any atom is 0.307 e. The smallest absolute Gasteiger partial charge is 0.307 e. The van der Waals surface area contributed by atoms with Crippen LogP contribution < -0.4 is 0 Å². The highest BCUT2D eigenvalue weighted by atomic mass is 16.4. The van der Waals surface area contributed by atoms with Crippen LogP contribution in [0.4, 0.5) is 0 Å². The molecule has 0 aliphatic heterocycles. The van der Waals surface area contributed by atoms with Gasteiger partial charge in [0, 0.05) is 17.7 Å². The molecule has 0 saturated heterocycles. The summed E-state index contributed by atoms with van der Waals surface area (Å²) < 4.78 is 0. The highest BCUT2D eigenvalue weighted by Crippen LogP contribution is 2.32. The Morgan fingerprint density at radius 2 is 1.50 bits per heavy atom. The molecule has 0 amide bonds. The Kier molecular flexibility index (Phi) is 6.51. The van der Waals surface area contributed by atoms with E-state index in [0.717, 1.165) is 22.4 Å². The Morgan fingerprint density at radius 1 is 1.04 bits per heavy atom. The third-order valence-electron chi connectivity index (χ3n) is 4.53. The molecule has 0 bridgehead atoms. The first-order valence-corrected chi connectivity index (χ1v) is 8.84. The van der Waals surface area contributed by atoms with Gasteiger partial charge < -0.3 is 5.11 Å². The summed E-state index contributed by atoms with van der Waals surface area (Å²) in [6.07, 6.45) is 0.462. The molecule has 136 valence electrons. The van der Waals surface area contributed by atoms with Gasteiger partial charge in [0.15, 0.2) is 0 Å². The number of aliphatic carboxylic acids is 1. The molecule has 2 rings (SSSR count). The maximum atomic E-state index is 11.8. The Morgan fingerprint density at radius 3 is 1.88 bits per heavy atom. The number of carboxylic acid groups (broad SMARTS) is 1. The van der Waals surface area contributed by atoms with E-state index in [9.17, 15) is 9.90 Å². The van der Waals surface area contributed by atoms with E-state index < -0.39 is 17.3 Å². The van der Waals surface area contributed by atoms with Gasteiger partial charge in [0.2, 0.25) is 0 Å². The first-order valence-electron chi connectivity index (χ1n) is 8.84. The Hall–Kier alpha value is -2.68. The quantitative estimate of drug-likeness (QED) is 0.525. The van der Waals surface area contributed by atoms with Crippen molar-refractivity contribution in [3.05, 3.63) is 83.9 Å². The highest BCUT2D eigenvalue weighted by molar-refractivity contribution is 6.12. The van der Waals surface area contributed by atoms with Crippen LogP contribution >= 0.6 is 0 Å². The molecule has 0 heterocycles. The number of hydrogen-bond donors (Lipinski definition) is 1. The number of carboxylic acids is 1. The molecule has 26 heavy (non-hydrogen) atoms. The zero-order valence-electron chi connectivity index (χ0n) is 15.8. The van der Waals surface area contributed by atoms with Gasteiger partial charge in [-0.25, -0.2) is 0 Å². The van der Waals surface area contributed by atoms with Crippen molar-refractivity contribution in [3.8, 4) is 0 Å². The lowest BCUT2D eigenvalue weighted by Gasteiger charge is -2.30. The molecule has 0 spiro atoms. The molecule has 0 aliphatic rings. The van der Waals surface area contributed by atoms with Crippen molar-refractivity contribution in [2.24, 2.45) is 16.3 Å². The summed E-state index contributed by atoms with van der Waals surface area (Å²) in [5, 5.41) is 9.67. The van der Waals surface area contributed by atoms with Crippen molar-refractivity contribution in [2.75, 3.05) is 6.54 Å². The van der Waals surface area contributed by atoms with Gasteiger partial charge in [-0.05, 0) is 18.8 Å². The minimum Gasteiger partial charge on any atom is -0.481 e. The van der Waals surface area contributed by atoms with Gasteiger partial charge in [0.05, 0.1) is 11.6 Å². The lowest BCUT2D eigenvalue weighted by atomic mass is 9.75. The van der Waals surface area contributed by atoms with Crippen molar-refractivity contribution >= 4 is 11.7 Å². The van der Waals surface area contributed by atoms with E-state index in [0.29, 0.717) is 13.0 Å². The monoisotopic (exact) mass is 349 g/mol. The van der Waals surface area contributed by atoms with Crippen molar-refractivity contribution in [1.29, 1.82) is 0 Å². The van der Waals surface area contributed by atoms with Crippen LogP contribution in [0.1, 0.15) is 38.3 Å². The summed E-state index contributed by atoms with van der Waals surface area (Å²) in [6, 6.07) is 20.0. The second-order valence-corrected chi connectivity index (χ2v) is 7.44. The van der Waals surface area contributed by atoms with Crippen LogP contribution in [-0.2, 0) is 4.79 Å². The van der Waals surface area contributed by atoms with E-state index in [2.05, 4.69) is 6.58 Å². The fourth-order valence-corrected chi connectivity index (χ4v) is 2.98. The minimum absolute atomic E-state index is 0.427. The van der Waals surface area contributed by atoms with Gasteiger partial charge in [0.1, 0.15) is 0 Å². The second kappa shape index (κ2) is 8.61. The number of rotatable bonds is 8. The van der Waals surface area contributed by atoms with Gasteiger partial charge in [0.25, 0.3) is 0 Å². The average Bonchev–Trinajstić information content (AvgIpc) is 2.61. The summed E-state index contributed by atoms with van der Waals surface area (Å²) in [7, 11) is 0. The van der Waals surface area contributed by atoms with Gasteiger partial charge >= 0.3 is 5.97 Å². The summed E-state index contributed by atoms with van der Waals surface area (Å²) >= 11 is 0. The van der Waals surface area contributed by atoms with Crippen LogP contribution in [-0.4, -0.2) is 23.3 Å². The minimum atomic E-state index is -0.797. The number of aliphatic imine (C=N–C) groups is 1. The van der Waals surface area contributed by atoms with E-state index in [1.807, 2.05) is 81.4 Å². The molecule has 0 saturated carbocycles. The molecule has 2 aromatic rings. The number of nitrogens with zero attached hydrogens (tertiary/aromatic N) is 1. The van der Waals surface area contributed by atoms with E-state index in [1.165, 1.54) is 0 Å². The standard InChI is InChI=1S/C23H27NO2/c1-17(2)15-20(22(25)26)23(3,4)16-24-21(18-11-7-5-8-12-18)19-13-9-6-10-14-19/h5-14,20H,1,15-16H2,2-4H3,(H,25,26)/t20-/m1/s1. The maximum absolute atomic E-state index is 11.8. The molecule has 0 aliphatic carbocycles. The normalized spacial score (nSPS) is 12.3. The van der Waals surface area contributed by atoms with Crippen LogP contribution in [0.2, 0.25) is 0 Å². The molecular formula is C23H27NO2. The number of carbonyl (C=O) groups is 1. The zero-order chi connectivity index (χ0) is 19.2. The zero-order valence-corrected chi connectivity index (χ0v) is 15.8. The largest absolute Gasteiger partial charge is 0.481 e. The molecule has 0 aromatic heterocycles. The highest BCUT2D eigenvalue weighted by Gasteiger charge is 2.35. The lowest BCUT2D eigenvalue weighted by molar-refractivity contribution is -0.145. The second-order valence-electron chi connectivity index (χ2n) is 7.44. The fraction of sp³-hybridized carbons (Fsp3) is 0.304. The Labute approximate surface area is 156 Å². The van der Waals surface area contributed by atoms with Gasteiger partial charge in [-0.1, -0.05) is 80.1 Å². The van der Waals surface area contributed by atoms with Crippen molar-refractivity contribution < 1.29 is 9.90 Å². The summed E-state index contributed by atoms with van der Waals surface area (Å²) in [4.78, 5) is 16.6. The van der Waals surface area contributed by atoms with E-state index in [4.69, 9.17) is 4.99 Å². The third-order valence-corrected chi connectivity index (χ3v) is 4.53. The molecule has 3 nitrogen and oxygen atoms in total. The van der Waals surface area contributed by atoms with Crippen LogP contribution in [0.15, 0.2) is 77.8 Å². The summed E-state index contributed by atoms with van der Waals surface area (Å²) in [5.41, 5.74) is 3.33. The molecule has 1 atom stereocenters. The lowest BCUT2D eigenvalue weighted by Crippen LogP contribution is -2.34. The third kappa shape index (κ3) is 5.16. The van der Waals surface area contributed by atoms with Crippen LogP contribution in [0.25, 0.3) is 0 Å². The number of hydrogen-bond acceptors (Lipinski definition) is 2. The molecule has 0 fully saturated rings. The molecule has 0 radical (unpaired) electrons. The van der Waals surface area contributed by atoms with Crippen LogP contribution in [0.3, 0.4) is 0 Å². The van der Waals surface area contributed by atoms with Crippen molar-refractivity contribution in [1.82, 2.24) is 0 Å². The molecular weight excluding hydrogens is 322 g/mol. The first-order chi connectivity index (χ1) is 12.3. The fourth-order valence-electron chi connectivity index (χ4n) is 2.98. The Bertz CT molecular complexity index is 735. The van der Waals surface area contributed by atoms with Gasteiger partial charge in [-0.2, -0.15) is 0 Å². The number of allylic oxidation sites excluding steroid dienone is 1. The summed E-state index contributed by atoms with van der Waals surface area (Å²) in [6.45, 7) is 10.1. The summed E-state index contributed by atoms with van der Waals surface area (Å²) in [5.74, 6) is -1.31. The average molecular weight is 349 g/mol. The van der Waals surface area contributed by atoms with Gasteiger partial charge in [-0.3, -0.25) is 9.79 Å². The van der Waals surface area contributed by atoms with Crippen molar-refractivity contribution in [2.45, 2.75) is 27.2 Å².